The highest BCUT2D eigenvalue weighted by Gasteiger charge is 2.17. The van der Waals surface area contributed by atoms with Crippen LogP contribution in [-0.4, -0.2) is 42.2 Å². The number of halogens is 1. The van der Waals surface area contributed by atoms with Crippen LogP contribution >= 0.6 is 11.6 Å². The maximum absolute atomic E-state index is 12.7. The number of ether oxygens (including phenoxy) is 1. The number of H-pyrrole nitrogens is 1. The molecule has 28 heavy (non-hydrogen) atoms. The van der Waals surface area contributed by atoms with Crippen molar-refractivity contribution in [3.63, 3.8) is 0 Å². The minimum Gasteiger partial charge on any atom is -0.496 e. The summed E-state index contributed by atoms with van der Waals surface area (Å²) >= 11 is 6.02. The summed E-state index contributed by atoms with van der Waals surface area (Å²) in [5.41, 5.74) is 6.75. The van der Waals surface area contributed by atoms with Gasteiger partial charge in [-0.1, -0.05) is 11.6 Å². The molecule has 1 aromatic heterocycles. The van der Waals surface area contributed by atoms with Gasteiger partial charge in [0.05, 0.1) is 18.2 Å². The zero-order chi connectivity index (χ0) is 20.1. The Hall–Kier alpha value is -3.10. The molecule has 0 fully saturated rings. The molecular formula is C19H20ClN5O3. The van der Waals surface area contributed by atoms with Gasteiger partial charge in [0, 0.05) is 22.5 Å². The van der Waals surface area contributed by atoms with Crippen molar-refractivity contribution in [2.45, 2.75) is 6.42 Å². The molecule has 146 valence electrons. The van der Waals surface area contributed by atoms with Crippen LogP contribution in [0.2, 0.25) is 5.02 Å². The van der Waals surface area contributed by atoms with Crippen LogP contribution in [0.5, 0.6) is 5.75 Å². The third kappa shape index (κ3) is 4.24. The van der Waals surface area contributed by atoms with Gasteiger partial charge in [-0.2, -0.15) is 5.10 Å². The van der Waals surface area contributed by atoms with Gasteiger partial charge >= 0.3 is 0 Å². The molecule has 1 heterocycles. The average molecular weight is 402 g/mol. The Bertz CT molecular complexity index is 1020. The molecule has 0 aliphatic carbocycles. The second-order valence-electron chi connectivity index (χ2n) is 6.03. The number of anilines is 1. The number of carbonyl (C=O) groups excluding carboxylic acids is 2. The van der Waals surface area contributed by atoms with E-state index in [9.17, 15) is 9.59 Å². The smallest absolute Gasteiger partial charge is 0.256 e. The fourth-order valence-corrected chi connectivity index (χ4v) is 2.86. The van der Waals surface area contributed by atoms with Crippen molar-refractivity contribution in [1.29, 1.82) is 0 Å². The number of amides is 2. The SMILES string of the molecule is COc1ccc(C(=O)Nc2n[nH]c3ccc(Cl)cc23)cc1C(=O)NCCCN. The molecule has 3 rings (SSSR count). The van der Waals surface area contributed by atoms with Crippen LogP contribution in [0.1, 0.15) is 27.1 Å². The second-order valence-corrected chi connectivity index (χ2v) is 6.47. The number of hydrogen-bond donors (Lipinski definition) is 4. The van der Waals surface area contributed by atoms with Gasteiger partial charge in [0.1, 0.15) is 5.75 Å². The van der Waals surface area contributed by atoms with E-state index in [-0.39, 0.29) is 11.5 Å². The zero-order valence-corrected chi connectivity index (χ0v) is 16.0. The number of aromatic nitrogens is 2. The van der Waals surface area contributed by atoms with Crippen molar-refractivity contribution in [3.05, 3.63) is 52.5 Å². The monoisotopic (exact) mass is 401 g/mol. The van der Waals surface area contributed by atoms with Gasteiger partial charge in [-0.15, -0.1) is 0 Å². The molecule has 3 aromatic rings. The third-order valence-corrected chi connectivity index (χ3v) is 4.36. The number of nitrogens with two attached hydrogens (primary N) is 1. The maximum atomic E-state index is 12.7. The lowest BCUT2D eigenvalue weighted by Crippen LogP contribution is -2.26. The van der Waals surface area contributed by atoms with E-state index in [2.05, 4.69) is 20.8 Å². The van der Waals surface area contributed by atoms with E-state index in [1.54, 1.807) is 30.3 Å². The number of rotatable bonds is 7. The van der Waals surface area contributed by atoms with E-state index in [1.165, 1.54) is 13.2 Å². The molecule has 0 aliphatic rings. The molecule has 0 saturated heterocycles. The lowest BCUT2D eigenvalue weighted by atomic mass is 10.1. The number of aromatic amines is 1. The Morgan fingerprint density at radius 2 is 2.04 bits per heavy atom. The van der Waals surface area contributed by atoms with Crippen molar-refractivity contribution < 1.29 is 14.3 Å². The summed E-state index contributed by atoms with van der Waals surface area (Å²) in [5, 5.41) is 13.7. The predicted octanol–water partition coefficient (Wildman–Crippen LogP) is 2.56. The van der Waals surface area contributed by atoms with Crippen LogP contribution in [0.4, 0.5) is 5.82 Å². The van der Waals surface area contributed by atoms with Crippen molar-refractivity contribution in [2.75, 3.05) is 25.5 Å². The lowest BCUT2D eigenvalue weighted by Gasteiger charge is -2.11. The highest BCUT2D eigenvalue weighted by molar-refractivity contribution is 6.31. The van der Waals surface area contributed by atoms with Crippen molar-refractivity contribution in [2.24, 2.45) is 5.73 Å². The van der Waals surface area contributed by atoms with Crippen molar-refractivity contribution in [1.82, 2.24) is 15.5 Å². The van der Waals surface area contributed by atoms with E-state index < -0.39 is 5.91 Å². The number of nitrogens with one attached hydrogen (secondary N) is 3. The summed E-state index contributed by atoms with van der Waals surface area (Å²) < 4.78 is 5.23. The zero-order valence-electron chi connectivity index (χ0n) is 15.2. The lowest BCUT2D eigenvalue weighted by molar-refractivity contribution is 0.0950. The number of benzene rings is 2. The highest BCUT2D eigenvalue weighted by Crippen LogP contribution is 2.25. The quantitative estimate of drug-likeness (QED) is 0.453. The number of nitrogens with zero attached hydrogens (tertiary/aromatic N) is 1. The van der Waals surface area contributed by atoms with Gasteiger partial charge in [-0.05, 0) is 49.4 Å². The van der Waals surface area contributed by atoms with Crippen LogP contribution in [0.25, 0.3) is 10.9 Å². The molecule has 0 aliphatic heterocycles. The van der Waals surface area contributed by atoms with Gasteiger partial charge in [0.2, 0.25) is 0 Å². The molecule has 2 aromatic carbocycles. The summed E-state index contributed by atoms with van der Waals surface area (Å²) in [6, 6.07) is 9.84. The fraction of sp³-hybridized carbons (Fsp3) is 0.211. The largest absolute Gasteiger partial charge is 0.496 e. The summed E-state index contributed by atoms with van der Waals surface area (Å²) in [5.74, 6) is -0.0185. The molecule has 2 amide bonds. The Labute approximate surface area is 166 Å². The van der Waals surface area contributed by atoms with E-state index >= 15 is 0 Å². The van der Waals surface area contributed by atoms with Crippen molar-refractivity contribution >= 4 is 40.1 Å². The van der Waals surface area contributed by atoms with Gasteiger partial charge in [0.25, 0.3) is 11.8 Å². The predicted molar refractivity (Wildman–Crippen MR) is 108 cm³/mol. The summed E-state index contributed by atoms with van der Waals surface area (Å²) in [6.07, 6.45) is 0.656. The van der Waals surface area contributed by atoms with Gasteiger partial charge in [0.15, 0.2) is 5.82 Å². The summed E-state index contributed by atoms with van der Waals surface area (Å²) in [6.45, 7) is 0.913. The Morgan fingerprint density at radius 1 is 1.21 bits per heavy atom. The number of carbonyl (C=O) groups is 2. The third-order valence-electron chi connectivity index (χ3n) is 4.13. The highest BCUT2D eigenvalue weighted by atomic mass is 35.5. The molecular weight excluding hydrogens is 382 g/mol. The van der Waals surface area contributed by atoms with E-state index in [1.807, 2.05) is 0 Å². The van der Waals surface area contributed by atoms with Crippen LogP contribution in [-0.2, 0) is 0 Å². The van der Waals surface area contributed by atoms with Crippen molar-refractivity contribution in [3.8, 4) is 5.75 Å². The molecule has 0 bridgehead atoms. The van der Waals surface area contributed by atoms with Crippen LogP contribution in [0.3, 0.4) is 0 Å². The van der Waals surface area contributed by atoms with E-state index in [4.69, 9.17) is 22.1 Å². The first-order chi connectivity index (χ1) is 13.5. The average Bonchev–Trinajstić information content (AvgIpc) is 3.09. The fourth-order valence-electron chi connectivity index (χ4n) is 2.69. The first-order valence-electron chi connectivity index (χ1n) is 8.64. The minimum atomic E-state index is -0.410. The van der Waals surface area contributed by atoms with Crippen LogP contribution < -0.4 is 21.1 Å². The Balaban J connectivity index is 1.84. The molecule has 0 radical (unpaired) electrons. The number of methoxy groups -OCH3 is 1. The summed E-state index contributed by atoms with van der Waals surface area (Å²) in [4.78, 5) is 25.1. The second kappa shape index (κ2) is 8.73. The standard InChI is InChI=1S/C19H20ClN5O3/c1-28-16-6-3-11(9-14(16)19(27)22-8-2-7-21)18(26)23-17-13-10-12(20)4-5-15(13)24-25-17/h3-6,9-10H,2,7-8,21H2,1H3,(H,22,27)(H2,23,24,25,26). The van der Waals surface area contributed by atoms with E-state index in [0.29, 0.717) is 47.1 Å². The Kier molecular flexibility index (Phi) is 6.13. The maximum Gasteiger partial charge on any atom is 0.256 e. The molecule has 0 spiro atoms. The molecule has 5 N–H and O–H groups in total. The first kappa shape index (κ1) is 19.7. The Morgan fingerprint density at radius 3 is 2.79 bits per heavy atom. The molecule has 9 heteroatoms. The molecule has 8 nitrogen and oxygen atoms in total. The first-order valence-corrected chi connectivity index (χ1v) is 9.02. The molecule has 0 atom stereocenters. The summed E-state index contributed by atoms with van der Waals surface area (Å²) in [7, 11) is 1.46. The normalized spacial score (nSPS) is 10.7. The molecule has 0 saturated carbocycles. The van der Waals surface area contributed by atoms with Crippen LogP contribution in [0.15, 0.2) is 36.4 Å². The van der Waals surface area contributed by atoms with Gasteiger partial charge < -0.3 is 21.1 Å². The number of hydrogen-bond acceptors (Lipinski definition) is 5. The van der Waals surface area contributed by atoms with Crippen LogP contribution in [0, 0.1) is 0 Å². The molecule has 0 unspecified atom stereocenters. The number of fused-ring (bicyclic) bond motifs is 1. The van der Waals surface area contributed by atoms with Gasteiger partial charge in [-0.25, -0.2) is 0 Å². The topological polar surface area (TPSA) is 122 Å². The minimum absolute atomic E-state index is 0.266. The van der Waals surface area contributed by atoms with E-state index in [0.717, 1.165) is 5.52 Å². The van der Waals surface area contributed by atoms with Gasteiger partial charge in [-0.3, -0.25) is 14.7 Å².